The van der Waals surface area contributed by atoms with Crippen molar-refractivity contribution in [1.82, 2.24) is 10.8 Å². The van der Waals surface area contributed by atoms with Crippen LogP contribution in [-0.4, -0.2) is 36.7 Å². The van der Waals surface area contributed by atoms with Crippen molar-refractivity contribution in [2.45, 2.75) is 28.9 Å². The van der Waals surface area contributed by atoms with Crippen LogP contribution in [0.3, 0.4) is 0 Å². The first-order valence-electron chi connectivity index (χ1n) is 6.53. The second-order valence-electron chi connectivity index (χ2n) is 5.27. The first-order valence-corrected chi connectivity index (χ1v) is 8.01. The topological polar surface area (TPSA) is 113 Å². The van der Waals surface area contributed by atoms with E-state index in [1.807, 2.05) is 0 Å². The minimum absolute atomic E-state index is 0.0975. The molecule has 8 heteroatoms. The zero-order valence-electron chi connectivity index (χ0n) is 11.0. The van der Waals surface area contributed by atoms with Gasteiger partial charge in [-0.2, -0.15) is 0 Å². The fourth-order valence-corrected chi connectivity index (χ4v) is 5.30. The van der Waals surface area contributed by atoms with Crippen LogP contribution in [0.25, 0.3) is 0 Å². The number of fused-ring (bicyclic) bond motifs is 1. The van der Waals surface area contributed by atoms with E-state index in [1.165, 1.54) is 23.7 Å². The predicted molar refractivity (Wildman–Crippen MR) is 71.6 cm³/mol. The highest BCUT2D eigenvalue weighted by atomic mass is 32.2. The molecule has 0 saturated carbocycles. The molecular weight excluding hydrogens is 296 g/mol. The number of sulfone groups is 1. The Morgan fingerprint density at radius 1 is 1.33 bits per heavy atom. The highest BCUT2D eigenvalue weighted by Gasteiger charge is 2.56. The Bertz CT molecular complexity index is 743. The molecule has 1 aromatic carbocycles. The average molecular weight is 310 g/mol. The van der Waals surface area contributed by atoms with E-state index >= 15 is 0 Å². The molecule has 2 heterocycles. The van der Waals surface area contributed by atoms with Crippen LogP contribution in [0, 0.1) is 0 Å². The number of hydrogen-bond acceptors (Lipinski definition) is 5. The lowest BCUT2D eigenvalue weighted by molar-refractivity contribution is -0.121. The Morgan fingerprint density at radius 3 is 2.71 bits per heavy atom. The summed E-state index contributed by atoms with van der Waals surface area (Å²) in [5, 5.41) is 11.2. The Morgan fingerprint density at radius 2 is 2.10 bits per heavy atom. The highest BCUT2D eigenvalue weighted by molar-refractivity contribution is 7.93. The summed E-state index contributed by atoms with van der Waals surface area (Å²) < 4.78 is 24.2. The molecule has 0 radical (unpaired) electrons. The molecule has 1 spiro atoms. The van der Waals surface area contributed by atoms with E-state index in [0.717, 1.165) is 0 Å². The van der Waals surface area contributed by atoms with E-state index in [-0.39, 0.29) is 23.3 Å². The number of aryl methyl sites for hydroxylation is 1. The lowest BCUT2D eigenvalue weighted by atomic mass is 9.95. The lowest BCUT2D eigenvalue weighted by Crippen LogP contribution is -2.48. The Labute approximate surface area is 121 Å². The summed E-state index contributed by atoms with van der Waals surface area (Å²) in [6.07, 6.45) is 0.874. The molecule has 21 heavy (non-hydrogen) atoms. The van der Waals surface area contributed by atoms with E-state index in [0.29, 0.717) is 18.5 Å². The van der Waals surface area contributed by atoms with Gasteiger partial charge < -0.3 is 5.32 Å². The van der Waals surface area contributed by atoms with Crippen LogP contribution in [0.5, 0.6) is 0 Å². The number of benzene rings is 1. The SMILES string of the molecule is O=C(NO)c1ccc2c(c1)CCC1(CCNC1=O)S2(=O)=O. The number of hydrogen-bond donors (Lipinski definition) is 3. The van der Waals surface area contributed by atoms with Gasteiger partial charge in [-0.1, -0.05) is 0 Å². The van der Waals surface area contributed by atoms with Crippen molar-refractivity contribution in [3.05, 3.63) is 29.3 Å². The van der Waals surface area contributed by atoms with Gasteiger partial charge in [-0.05, 0) is 43.0 Å². The van der Waals surface area contributed by atoms with E-state index in [4.69, 9.17) is 5.21 Å². The van der Waals surface area contributed by atoms with Crippen molar-refractivity contribution in [3.8, 4) is 0 Å². The van der Waals surface area contributed by atoms with Gasteiger partial charge in [0.1, 0.15) is 0 Å². The molecule has 0 aliphatic carbocycles. The van der Waals surface area contributed by atoms with Gasteiger partial charge in [0.25, 0.3) is 5.91 Å². The molecule has 1 aromatic rings. The first-order chi connectivity index (χ1) is 9.92. The molecule has 0 aromatic heterocycles. The van der Waals surface area contributed by atoms with E-state index in [2.05, 4.69) is 5.32 Å². The normalized spacial score (nSPS) is 26.2. The average Bonchev–Trinajstić information content (AvgIpc) is 2.85. The summed E-state index contributed by atoms with van der Waals surface area (Å²) in [5.74, 6) is -1.14. The van der Waals surface area contributed by atoms with Crippen molar-refractivity contribution < 1.29 is 23.2 Å². The molecule has 2 amide bonds. The van der Waals surface area contributed by atoms with Gasteiger partial charge in [0.15, 0.2) is 14.6 Å². The molecule has 2 aliphatic heterocycles. The number of carbonyl (C=O) groups excluding carboxylic acids is 2. The maximum absolute atomic E-state index is 12.8. The van der Waals surface area contributed by atoms with Crippen LogP contribution in [-0.2, 0) is 21.1 Å². The zero-order valence-corrected chi connectivity index (χ0v) is 11.9. The van der Waals surface area contributed by atoms with Crippen molar-refractivity contribution in [1.29, 1.82) is 0 Å². The van der Waals surface area contributed by atoms with Gasteiger partial charge in [-0.3, -0.25) is 14.8 Å². The van der Waals surface area contributed by atoms with Crippen molar-refractivity contribution in [2.24, 2.45) is 0 Å². The van der Waals surface area contributed by atoms with Crippen LogP contribution >= 0.6 is 0 Å². The summed E-state index contributed by atoms with van der Waals surface area (Å²) in [4.78, 5) is 23.5. The first kappa shape index (κ1) is 14.0. The third kappa shape index (κ3) is 1.79. The van der Waals surface area contributed by atoms with Gasteiger partial charge in [0.2, 0.25) is 5.91 Å². The largest absolute Gasteiger partial charge is 0.355 e. The van der Waals surface area contributed by atoms with Crippen molar-refractivity contribution >= 4 is 21.7 Å². The zero-order chi connectivity index (χ0) is 15.3. The van der Waals surface area contributed by atoms with E-state index < -0.39 is 26.4 Å². The summed E-state index contributed by atoms with van der Waals surface area (Å²) in [7, 11) is -3.79. The predicted octanol–water partition coefficient (Wildman–Crippen LogP) is -0.216. The van der Waals surface area contributed by atoms with Gasteiger partial charge in [-0.25, -0.2) is 13.9 Å². The third-order valence-electron chi connectivity index (χ3n) is 4.25. The van der Waals surface area contributed by atoms with Crippen molar-refractivity contribution in [2.75, 3.05) is 6.54 Å². The standard InChI is InChI=1S/C13H14N2O5S/c16-11(15-18)9-1-2-10-8(7-9)3-4-13(21(10,19)20)5-6-14-12(13)17/h1-2,7,18H,3-6H2,(H,14,17)(H,15,16). The van der Waals surface area contributed by atoms with Gasteiger partial charge in [0.05, 0.1) is 4.90 Å². The molecule has 1 fully saturated rings. The van der Waals surface area contributed by atoms with Crippen LogP contribution in [0.15, 0.2) is 23.1 Å². The molecule has 3 rings (SSSR count). The van der Waals surface area contributed by atoms with E-state index in [9.17, 15) is 18.0 Å². The number of rotatable bonds is 1. The number of amides is 2. The molecule has 2 aliphatic rings. The molecule has 3 N–H and O–H groups in total. The smallest absolute Gasteiger partial charge is 0.274 e. The molecular formula is C13H14N2O5S. The number of carbonyl (C=O) groups is 2. The lowest BCUT2D eigenvalue weighted by Gasteiger charge is -2.31. The summed E-state index contributed by atoms with van der Waals surface area (Å²) in [5.41, 5.74) is 2.19. The molecule has 1 saturated heterocycles. The van der Waals surface area contributed by atoms with Gasteiger partial charge in [-0.15, -0.1) is 0 Å². The summed E-state index contributed by atoms with van der Waals surface area (Å²) in [6, 6.07) is 4.10. The van der Waals surface area contributed by atoms with Crippen LogP contribution in [0.1, 0.15) is 28.8 Å². The second-order valence-corrected chi connectivity index (χ2v) is 7.50. The van der Waals surface area contributed by atoms with Gasteiger partial charge >= 0.3 is 0 Å². The minimum Gasteiger partial charge on any atom is -0.355 e. The van der Waals surface area contributed by atoms with Crippen LogP contribution < -0.4 is 10.8 Å². The number of nitrogens with one attached hydrogen (secondary N) is 2. The molecule has 7 nitrogen and oxygen atoms in total. The molecule has 1 unspecified atom stereocenters. The van der Waals surface area contributed by atoms with Gasteiger partial charge in [0, 0.05) is 12.1 Å². The molecule has 0 bridgehead atoms. The fourth-order valence-electron chi connectivity index (χ4n) is 3.07. The van der Waals surface area contributed by atoms with Crippen molar-refractivity contribution in [3.63, 3.8) is 0 Å². The molecule has 112 valence electrons. The minimum atomic E-state index is -3.79. The maximum Gasteiger partial charge on any atom is 0.274 e. The second kappa shape index (κ2) is 4.54. The monoisotopic (exact) mass is 310 g/mol. The summed E-state index contributed by atoms with van der Waals surface area (Å²) in [6.45, 7) is 0.360. The Hall–Kier alpha value is -1.93. The van der Waals surface area contributed by atoms with Crippen LogP contribution in [0.4, 0.5) is 0 Å². The Kier molecular flexibility index (Phi) is 3.03. The summed E-state index contributed by atoms with van der Waals surface area (Å²) >= 11 is 0. The Balaban J connectivity index is 2.12. The number of hydroxylamine groups is 1. The maximum atomic E-state index is 12.8. The highest BCUT2D eigenvalue weighted by Crippen LogP contribution is 2.42. The quantitative estimate of drug-likeness (QED) is 0.490. The molecule has 1 atom stereocenters. The van der Waals surface area contributed by atoms with E-state index in [1.54, 1.807) is 0 Å². The van der Waals surface area contributed by atoms with Crippen LogP contribution in [0.2, 0.25) is 0 Å². The fraction of sp³-hybridized carbons (Fsp3) is 0.385. The third-order valence-corrected chi connectivity index (χ3v) is 6.85.